The molecule has 0 radical (unpaired) electrons. The van der Waals surface area contributed by atoms with Crippen LogP contribution in [0.25, 0.3) is 0 Å². The number of hydrogen-bond donors (Lipinski definition) is 0. The number of rotatable bonds is 7. The molecule has 0 aliphatic rings. The van der Waals surface area contributed by atoms with E-state index in [1.54, 1.807) is 36.0 Å². The van der Waals surface area contributed by atoms with E-state index < -0.39 is 0 Å². The van der Waals surface area contributed by atoms with Crippen LogP contribution in [-0.2, 0) is 0 Å². The van der Waals surface area contributed by atoms with Crippen molar-refractivity contribution in [3.8, 4) is 0 Å². The number of likely N-dealkylation sites (N-methyl/N-ethyl adjacent to an activating group) is 2. The van der Waals surface area contributed by atoms with Gasteiger partial charge in [0.1, 0.15) is 0 Å². The monoisotopic (exact) mass is 677 g/mol. The first kappa shape index (κ1) is 22.5. The number of carbonyl (C=O) groups is 2. The Morgan fingerprint density at radius 1 is 0.920 bits per heavy atom. The predicted molar refractivity (Wildman–Crippen MR) is 128 cm³/mol. The third-order valence-electron chi connectivity index (χ3n) is 3.38. The van der Waals surface area contributed by atoms with Crippen molar-refractivity contribution < 1.29 is 9.59 Å². The maximum atomic E-state index is 12.9. The van der Waals surface area contributed by atoms with E-state index in [0.29, 0.717) is 40.6 Å². The van der Waals surface area contributed by atoms with E-state index in [1.807, 2.05) is 0 Å². The van der Waals surface area contributed by atoms with Gasteiger partial charge >= 0.3 is 0 Å². The second-order valence-electron chi connectivity index (χ2n) is 5.15. The van der Waals surface area contributed by atoms with Gasteiger partial charge in [0.05, 0.1) is 24.0 Å². The molecule has 0 aliphatic carbocycles. The van der Waals surface area contributed by atoms with Crippen molar-refractivity contribution in [3.63, 3.8) is 0 Å². The smallest absolute Gasteiger partial charge is 0.256 e. The Hall–Kier alpha value is -0.500. The number of nitrogens with zero attached hydrogens (tertiary/aromatic N) is 3. The lowest BCUT2D eigenvalue weighted by molar-refractivity contribution is 0.0805. The zero-order valence-electron chi connectivity index (χ0n) is 14.0. The van der Waals surface area contributed by atoms with Crippen molar-refractivity contribution in [1.82, 2.24) is 9.80 Å². The van der Waals surface area contributed by atoms with Gasteiger partial charge in [-0.1, -0.05) is 12.2 Å². The lowest BCUT2D eigenvalue weighted by Gasteiger charge is -2.23. The van der Waals surface area contributed by atoms with E-state index in [0.717, 1.165) is 0 Å². The van der Waals surface area contributed by atoms with Crippen LogP contribution in [0.1, 0.15) is 20.7 Å². The molecule has 0 bridgehead atoms. The number of benzene rings is 1. The summed E-state index contributed by atoms with van der Waals surface area (Å²) in [5.74, 6) is -0.370. The molecule has 0 atom stereocenters. The normalized spacial score (nSPS) is 10.1. The highest BCUT2D eigenvalue weighted by Crippen LogP contribution is 2.38. The fraction of sp³-hybridized carbons (Fsp3) is 0.235. The fourth-order valence-corrected chi connectivity index (χ4v) is 6.53. The van der Waals surface area contributed by atoms with Crippen molar-refractivity contribution in [3.05, 3.63) is 47.1 Å². The van der Waals surface area contributed by atoms with Gasteiger partial charge in [-0.15, -0.1) is 13.2 Å². The Morgan fingerprint density at radius 3 is 1.56 bits per heavy atom. The van der Waals surface area contributed by atoms with Crippen LogP contribution in [0.2, 0.25) is 0 Å². The lowest BCUT2D eigenvalue weighted by atomic mass is 10.1. The standard InChI is InChI=1S/C17H18I3N3O2/c1-6-8-22(4)16(24)10-12(18)11(17(25)23(5)9-7-2)14(20)15(21-3)13(10)19/h6-7H,1-3,8-9H2,4-5H3. The summed E-state index contributed by atoms with van der Waals surface area (Å²) in [6, 6.07) is 0. The molecular formula is C17H18I3N3O2. The van der Waals surface area contributed by atoms with Crippen LogP contribution in [0.3, 0.4) is 0 Å². The first-order chi connectivity index (χ1) is 11.7. The number of aliphatic imine (C=N–C) groups is 1. The molecule has 1 aromatic carbocycles. The first-order valence-electron chi connectivity index (χ1n) is 7.12. The minimum Gasteiger partial charge on any atom is -0.338 e. The van der Waals surface area contributed by atoms with Crippen LogP contribution in [0.4, 0.5) is 5.69 Å². The van der Waals surface area contributed by atoms with Gasteiger partial charge in [0.25, 0.3) is 11.8 Å². The summed E-state index contributed by atoms with van der Waals surface area (Å²) in [5, 5.41) is 0. The highest BCUT2D eigenvalue weighted by molar-refractivity contribution is 14.1. The second kappa shape index (κ2) is 10.00. The van der Waals surface area contributed by atoms with Crippen LogP contribution in [0.5, 0.6) is 0 Å². The number of halogens is 3. The highest BCUT2D eigenvalue weighted by Gasteiger charge is 2.29. The molecule has 0 spiro atoms. The zero-order chi connectivity index (χ0) is 19.3. The van der Waals surface area contributed by atoms with E-state index in [9.17, 15) is 9.59 Å². The summed E-state index contributed by atoms with van der Waals surface area (Å²) in [5.41, 5.74) is 1.47. The Bertz CT molecular complexity index is 692. The van der Waals surface area contributed by atoms with Crippen LogP contribution in [0, 0.1) is 10.7 Å². The van der Waals surface area contributed by atoms with Gasteiger partial charge in [0.2, 0.25) is 0 Å². The Morgan fingerprint density at radius 2 is 1.28 bits per heavy atom. The first-order valence-corrected chi connectivity index (χ1v) is 10.4. The van der Waals surface area contributed by atoms with E-state index >= 15 is 0 Å². The summed E-state index contributed by atoms with van der Waals surface area (Å²) >= 11 is 6.23. The molecular weight excluding hydrogens is 659 g/mol. The molecule has 25 heavy (non-hydrogen) atoms. The Kier molecular flexibility index (Phi) is 9.01. The largest absolute Gasteiger partial charge is 0.338 e. The summed E-state index contributed by atoms with van der Waals surface area (Å²) in [7, 11) is 3.39. The molecule has 0 aliphatic heterocycles. The quantitative estimate of drug-likeness (QED) is 0.245. The topological polar surface area (TPSA) is 53.0 Å². The van der Waals surface area contributed by atoms with Crippen molar-refractivity contribution >= 4 is 92.0 Å². The molecule has 1 rings (SSSR count). The second-order valence-corrected chi connectivity index (χ2v) is 8.38. The molecule has 5 nitrogen and oxygen atoms in total. The van der Waals surface area contributed by atoms with Gasteiger partial charge in [0, 0.05) is 30.8 Å². The summed E-state index contributed by atoms with van der Waals surface area (Å²) in [6.07, 6.45) is 3.31. The average molecular weight is 677 g/mol. The van der Waals surface area contributed by atoms with E-state index in [1.165, 1.54) is 0 Å². The van der Waals surface area contributed by atoms with Crippen LogP contribution in [-0.4, -0.2) is 55.5 Å². The number of amides is 2. The van der Waals surface area contributed by atoms with Gasteiger partial charge in [0.15, 0.2) is 0 Å². The number of carbonyl (C=O) groups excluding carboxylic acids is 2. The lowest BCUT2D eigenvalue weighted by Crippen LogP contribution is -2.32. The van der Waals surface area contributed by atoms with E-state index in [2.05, 4.69) is 92.6 Å². The molecule has 0 heterocycles. The van der Waals surface area contributed by atoms with Gasteiger partial charge in [-0.3, -0.25) is 14.6 Å². The van der Waals surface area contributed by atoms with Gasteiger partial charge in [-0.2, -0.15) is 0 Å². The Balaban J connectivity index is 3.70. The molecule has 8 heteroatoms. The summed E-state index contributed by atoms with van der Waals surface area (Å²) in [4.78, 5) is 32.9. The molecule has 0 saturated carbocycles. The van der Waals surface area contributed by atoms with Crippen molar-refractivity contribution in [1.29, 1.82) is 0 Å². The number of hydrogen-bond acceptors (Lipinski definition) is 3. The van der Waals surface area contributed by atoms with Gasteiger partial charge in [-0.05, 0) is 74.5 Å². The molecule has 0 aromatic heterocycles. The summed E-state index contributed by atoms with van der Waals surface area (Å²) < 4.78 is 1.98. The molecule has 0 unspecified atom stereocenters. The van der Waals surface area contributed by atoms with Crippen LogP contribution >= 0.6 is 67.8 Å². The molecule has 0 N–H and O–H groups in total. The molecule has 1 aromatic rings. The third kappa shape index (κ3) is 4.81. The van der Waals surface area contributed by atoms with Crippen LogP contribution < -0.4 is 0 Å². The fourth-order valence-electron chi connectivity index (χ4n) is 2.10. The average Bonchev–Trinajstić information content (AvgIpc) is 2.55. The minimum absolute atomic E-state index is 0.185. The Labute approximate surface area is 189 Å². The minimum atomic E-state index is -0.185. The molecule has 0 fully saturated rings. The summed E-state index contributed by atoms with van der Waals surface area (Å²) in [6.45, 7) is 11.7. The van der Waals surface area contributed by atoms with Gasteiger partial charge in [-0.25, -0.2) is 0 Å². The van der Waals surface area contributed by atoms with Crippen LogP contribution in [0.15, 0.2) is 30.3 Å². The van der Waals surface area contributed by atoms with Crippen molar-refractivity contribution in [2.75, 3.05) is 27.2 Å². The molecule has 134 valence electrons. The predicted octanol–water partition coefficient (Wildman–Crippen LogP) is 4.35. The maximum Gasteiger partial charge on any atom is 0.256 e. The van der Waals surface area contributed by atoms with E-state index in [-0.39, 0.29) is 11.8 Å². The maximum absolute atomic E-state index is 12.9. The SMILES string of the molecule is C=CCN(C)C(=O)c1c(I)c(N=C)c(I)c(C(=O)N(C)CC=C)c1I. The van der Waals surface area contributed by atoms with Gasteiger partial charge < -0.3 is 9.80 Å². The molecule has 0 saturated heterocycles. The zero-order valence-corrected chi connectivity index (χ0v) is 20.5. The molecule has 2 amide bonds. The van der Waals surface area contributed by atoms with Crippen molar-refractivity contribution in [2.45, 2.75) is 0 Å². The van der Waals surface area contributed by atoms with E-state index in [4.69, 9.17) is 0 Å². The van der Waals surface area contributed by atoms with Crippen molar-refractivity contribution in [2.24, 2.45) is 4.99 Å². The third-order valence-corrected chi connectivity index (χ3v) is 6.56. The highest BCUT2D eigenvalue weighted by atomic mass is 127.